The third-order valence-corrected chi connectivity index (χ3v) is 5.22. The van der Waals surface area contributed by atoms with E-state index in [2.05, 4.69) is 67.9 Å². The van der Waals surface area contributed by atoms with Gasteiger partial charge in [0.05, 0.1) is 5.69 Å². The standard InChI is InChI=1S/C21H25N5.C2H6.CH4O/c1-22-19(10-9-17-7-3-2-4-8-17)26-15-18(16-26)20-21(24-12-11-23-20)25-13-5-6-14-25;2*1-2/h2-4,7,9-12,18H,1,5-6,8,13-16H2;1-2H3;2H,1H3/b17-9-,19-10+;;. The van der Waals surface area contributed by atoms with Crippen LogP contribution < -0.4 is 4.90 Å². The minimum Gasteiger partial charge on any atom is -0.400 e. The number of aliphatic hydroxyl groups excluding tert-OH is 1. The molecule has 162 valence electrons. The highest BCUT2D eigenvalue weighted by atomic mass is 16.2. The van der Waals surface area contributed by atoms with Crippen LogP contribution in [0, 0.1) is 0 Å². The van der Waals surface area contributed by atoms with E-state index in [1.165, 1.54) is 18.4 Å². The molecule has 0 unspecified atom stereocenters. The smallest absolute Gasteiger partial charge is 0.150 e. The van der Waals surface area contributed by atoms with Gasteiger partial charge in [0.25, 0.3) is 0 Å². The Morgan fingerprint density at radius 1 is 1.13 bits per heavy atom. The van der Waals surface area contributed by atoms with Crippen molar-refractivity contribution in [3.8, 4) is 0 Å². The molecule has 0 radical (unpaired) electrons. The molecule has 6 heteroatoms. The maximum Gasteiger partial charge on any atom is 0.150 e. The zero-order valence-electron chi connectivity index (χ0n) is 18.5. The number of rotatable bonds is 5. The topological polar surface area (TPSA) is 64.9 Å². The number of anilines is 1. The molecule has 4 rings (SSSR count). The zero-order valence-corrected chi connectivity index (χ0v) is 18.5. The molecule has 0 bridgehead atoms. The van der Waals surface area contributed by atoms with Gasteiger partial charge in [-0.15, -0.1) is 0 Å². The van der Waals surface area contributed by atoms with Crippen molar-refractivity contribution >= 4 is 12.5 Å². The second kappa shape index (κ2) is 12.8. The fourth-order valence-corrected chi connectivity index (χ4v) is 3.73. The molecule has 1 aromatic rings. The van der Waals surface area contributed by atoms with Crippen LogP contribution in [-0.2, 0) is 0 Å². The summed E-state index contributed by atoms with van der Waals surface area (Å²) >= 11 is 0. The molecule has 0 amide bonds. The van der Waals surface area contributed by atoms with Crippen molar-refractivity contribution in [2.24, 2.45) is 4.99 Å². The lowest BCUT2D eigenvalue weighted by Crippen LogP contribution is -2.44. The molecule has 30 heavy (non-hydrogen) atoms. The molecular formula is C24H35N5O. The molecule has 1 aromatic heterocycles. The molecule has 6 nitrogen and oxygen atoms in total. The van der Waals surface area contributed by atoms with Crippen LogP contribution >= 0.6 is 0 Å². The van der Waals surface area contributed by atoms with Crippen molar-refractivity contribution in [2.75, 3.05) is 38.2 Å². The molecule has 3 heterocycles. The summed E-state index contributed by atoms with van der Waals surface area (Å²) in [6.07, 6.45) is 19.7. The van der Waals surface area contributed by atoms with Gasteiger partial charge in [0.1, 0.15) is 5.82 Å². The Kier molecular flexibility index (Phi) is 10.0. The lowest BCUT2D eigenvalue weighted by atomic mass is 9.95. The van der Waals surface area contributed by atoms with E-state index in [9.17, 15) is 0 Å². The fraction of sp³-hybridized carbons (Fsp3) is 0.458. The minimum absolute atomic E-state index is 0.412. The van der Waals surface area contributed by atoms with Crippen molar-refractivity contribution < 1.29 is 5.11 Å². The van der Waals surface area contributed by atoms with E-state index in [1.54, 1.807) is 0 Å². The number of aromatic nitrogens is 2. The quantitative estimate of drug-likeness (QED) is 0.742. The normalized spacial score (nSPS) is 19.6. The third kappa shape index (κ3) is 5.89. The van der Waals surface area contributed by atoms with E-state index >= 15 is 0 Å². The van der Waals surface area contributed by atoms with E-state index < -0.39 is 0 Å². The lowest BCUT2D eigenvalue weighted by Gasteiger charge is -2.41. The third-order valence-electron chi connectivity index (χ3n) is 5.22. The Morgan fingerprint density at radius 3 is 2.47 bits per heavy atom. The first-order valence-corrected chi connectivity index (χ1v) is 10.8. The van der Waals surface area contributed by atoms with Gasteiger partial charge in [0.15, 0.2) is 5.82 Å². The molecule has 1 aliphatic carbocycles. The number of aliphatic imine (C=N–C) groups is 1. The molecule has 0 spiro atoms. The first-order valence-electron chi connectivity index (χ1n) is 10.8. The first kappa shape index (κ1) is 23.5. The van der Waals surface area contributed by atoms with E-state index in [-0.39, 0.29) is 0 Å². The van der Waals surface area contributed by atoms with Crippen molar-refractivity contribution in [3.05, 3.63) is 65.9 Å². The monoisotopic (exact) mass is 409 g/mol. The maximum absolute atomic E-state index is 7.00. The Labute approximate surface area is 181 Å². The lowest BCUT2D eigenvalue weighted by molar-refractivity contribution is 0.194. The van der Waals surface area contributed by atoms with Gasteiger partial charge in [-0.05, 0) is 37.6 Å². The Bertz CT molecular complexity index is 785. The molecule has 2 fully saturated rings. The van der Waals surface area contributed by atoms with E-state index in [1.807, 2.05) is 26.2 Å². The van der Waals surface area contributed by atoms with Crippen LogP contribution in [0.2, 0.25) is 0 Å². The van der Waals surface area contributed by atoms with E-state index in [0.29, 0.717) is 5.92 Å². The zero-order chi connectivity index (χ0) is 21.8. The summed E-state index contributed by atoms with van der Waals surface area (Å²) in [5.74, 6) is 2.42. The number of aliphatic hydroxyl groups is 1. The van der Waals surface area contributed by atoms with E-state index in [0.717, 1.165) is 57.0 Å². The van der Waals surface area contributed by atoms with Crippen molar-refractivity contribution in [2.45, 2.75) is 39.0 Å². The highest BCUT2D eigenvalue weighted by Crippen LogP contribution is 2.34. The molecule has 3 aliphatic rings. The molecule has 0 saturated carbocycles. The Morgan fingerprint density at radius 2 is 1.83 bits per heavy atom. The summed E-state index contributed by atoms with van der Waals surface area (Å²) in [5, 5.41) is 7.00. The van der Waals surface area contributed by atoms with Gasteiger partial charge < -0.3 is 14.9 Å². The summed E-state index contributed by atoms with van der Waals surface area (Å²) in [5.41, 5.74) is 2.42. The molecule has 2 aliphatic heterocycles. The Balaban J connectivity index is 0.000000757. The summed E-state index contributed by atoms with van der Waals surface area (Å²) in [6, 6.07) is 0. The Hall–Kier alpha value is -2.73. The van der Waals surface area contributed by atoms with Gasteiger partial charge in [-0.25, -0.2) is 9.98 Å². The number of nitrogens with zero attached hydrogens (tertiary/aromatic N) is 5. The summed E-state index contributed by atoms with van der Waals surface area (Å²) in [4.78, 5) is 18.1. The first-order chi connectivity index (χ1) is 14.8. The maximum atomic E-state index is 7.00. The van der Waals surface area contributed by atoms with Gasteiger partial charge in [0, 0.05) is 51.6 Å². The van der Waals surface area contributed by atoms with Crippen LogP contribution in [0.1, 0.15) is 44.7 Å². The summed E-state index contributed by atoms with van der Waals surface area (Å²) in [6.45, 7) is 11.8. The largest absolute Gasteiger partial charge is 0.400 e. The van der Waals surface area contributed by atoms with Crippen molar-refractivity contribution in [1.82, 2.24) is 14.9 Å². The minimum atomic E-state index is 0.412. The molecule has 0 atom stereocenters. The van der Waals surface area contributed by atoms with Gasteiger partial charge in [-0.2, -0.15) is 0 Å². The number of hydrogen-bond acceptors (Lipinski definition) is 6. The highest BCUT2D eigenvalue weighted by molar-refractivity contribution is 5.47. The average Bonchev–Trinajstić information content (AvgIpc) is 3.33. The molecule has 0 aromatic carbocycles. The number of hydrogen-bond donors (Lipinski definition) is 1. The number of allylic oxidation sites excluding steroid dienone is 7. The van der Waals surface area contributed by atoms with Gasteiger partial charge in [-0.1, -0.05) is 44.2 Å². The molecular weight excluding hydrogens is 374 g/mol. The molecule has 2 saturated heterocycles. The second-order valence-corrected chi connectivity index (χ2v) is 6.98. The summed E-state index contributed by atoms with van der Waals surface area (Å²) in [7, 11) is 1.00. The van der Waals surface area contributed by atoms with Crippen LogP contribution in [0.5, 0.6) is 0 Å². The predicted octanol–water partition coefficient (Wildman–Crippen LogP) is 4.10. The second-order valence-electron chi connectivity index (χ2n) is 6.98. The van der Waals surface area contributed by atoms with Gasteiger partial charge >= 0.3 is 0 Å². The fourth-order valence-electron chi connectivity index (χ4n) is 3.73. The highest BCUT2D eigenvalue weighted by Gasteiger charge is 2.33. The predicted molar refractivity (Wildman–Crippen MR) is 126 cm³/mol. The van der Waals surface area contributed by atoms with Gasteiger partial charge in [0.2, 0.25) is 0 Å². The number of likely N-dealkylation sites (tertiary alicyclic amines) is 1. The van der Waals surface area contributed by atoms with Crippen LogP contribution in [-0.4, -0.2) is 60.0 Å². The van der Waals surface area contributed by atoms with Crippen molar-refractivity contribution in [1.29, 1.82) is 0 Å². The molecule has 1 N–H and O–H groups in total. The SMILES string of the molecule is C=N/C(=C\C=C1\C=CC=CC1)N1CC(c2nccnc2N2CCCC2)C1.CC.CO. The van der Waals surface area contributed by atoms with Gasteiger partial charge in [-0.3, -0.25) is 4.98 Å². The van der Waals surface area contributed by atoms with Crippen LogP contribution in [0.3, 0.4) is 0 Å². The van der Waals surface area contributed by atoms with E-state index in [4.69, 9.17) is 5.11 Å². The van der Waals surface area contributed by atoms with Crippen LogP contribution in [0.15, 0.2) is 65.2 Å². The average molecular weight is 410 g/mol. The van der Waals surface area contributed by atoms with Crippen molar-refractivity contribution in [3.63, 3.8) is 0 Å². The summed E-state index contributed by atoms with van der Waals surface area (Å²) < 4.78 is 0. The van der Waals surface area contributed by atoms with Crippen LogP contribution in [0.25, 0.3) is 0 Å². The van der Waals surface area contributed by atoms with Crippen LogP contribution in [0.4, 0.5) is 5.82 Å².